The van der Waals surface area contributed by atoms with Crippen molar-refractivity contribution in [3.05, 3.63) is 133 Å². The minimum Gasteiger partial charge on any atom is -0.455 e. The molecule has 0 spiro atoms. The zero-order valence-corrected chi connectivity index (χ0v) is 22.3. The number of para-hydroxylation sites is 1. The Hall–Kier alpha value is -4.92. The van der Waals surface area contributed by atoms with Crippen LogP contribution in [0.5, 0.6) is 0 Å². The molecule has 186 valence electrons. The summed E-state index contributed by atoms with van der Waals surface area (Å²) in [5.74, 6) is 0. The summed E-state index contributed by atoms with van der Waals surface area (Å²) in [6.07, 6.45) is 0. The third kappa shape index (κ3) is 3.03. The van der Waals surface area contributed by atoms with Gasteiger partial charge in [-0.2, -0.15) is 0 Å². The van der Waals surface area contributed by atoms with Crippen molar-refractivity contribution in [3.63, 3.8) is 0 Å². The Kier molecular flexibility index (Phi) is 4.55. The van der Waals surface area contributed by atoms with Gasteiger partial charge in [-0.05, 0) is 56.9 Å². The Morgan fingerprint density at radius 3 is 2.00 bits per heavy atom. The van der Waals surface area contributed by atoms with Gasteiger partial charge in [0.05, 0.1) is 0 Å². The van der Waals surface area contributed by atoms with Crippen LogP contribution >= 0.6 is 11.3 Å². The van der Waals surface area contributed by atoms with Crippen LogP contribution in [0.1, 0.15) is 0 Å². The van der Waals surface area contributed by atoms with Crippen LogP contribution in [-0.4, -0.2) is 0 Å². The van der Waals surface area contributed by atoms with E-state index in [1.54, 1.807) is 0 Å². The van der Waals surface area contributed by atoms with E-state index < -0.39 is 0 Å². The van der Waals surface area contributed by atoms with Gasteiger partial charge in [0, 0.05) is 42.1 Å². The van der Waals surface area contributed by atoms with Crippen molar-refractivity contribution >= 4 is 75.0 Å². The Morgan fingerprint density at radius 2 is 1.12 bits per heavy atom. The van der Waals surface area contributed by atoms with Crippen LogP contribution in [0, 0.1) is 0 Å². The Morgan fingerprint density at radius 1 is 0.450 bits per heavy atom. The highest BCUT2D eigenvalue weighted by Gasteiger charge is 2.24. The largest absolute Gasteiger partial charge is 0.455 e. The van der Waals surface area contributed by atoms with Gasteiger partial charge in [-0.15, -0.1) is 11.3 Å². The highest BCUT2D eigenvalue weighted by molar-refractivity contribution is 7.25. The molecule has 0 aliphatic carbocycles. The number of thiophene rings is 1. The zero-order valence-electron chi connectivity index (χ0n) is 21.5. The predicted molar refractivity (Wildman–Crippen MR) is 172 cm³/mol. The SMILES string of the molecule is c1ccc2cc(-c3c4ccccc4c(-c4cccc5sc6ccccc6c45)c4oc5ccccc5c34)ccc2c1. The number of benzene rings is 7. The van der Waals surface area contributed by atoms with E-state index in [4.69, 9.17) is 4.42 Å². The van der Waals surface area contributed by atoms with Crippen molar-refractivity contribution in [2.24, 2.45) is 0 Å². The highest BCUT2D eigenvalue weighted by atomic mass is 32.1. The monoisotopic (exact) mass is 526 g/mol. The summed E-state index contributed by atoms with van der Waals surface area (Å²) in [7, 11) is 0. The van der Waals surface area contributed by atoms with Gasteiger partial charge >= 0.3 is 0 Å². The third-order valence-corrected chi connectivity index (χ3v) is 9.38. The predicted octanol–water partition coefficient (Wildman–Crippen LogP) is 11.6. The number of rotatable bonds is 2. The highest BCUT2D eigenvalue weighted by Crippen LogP contribution is 2.50. The maximum Gasteiger partial charge on any atom is 0.144 e. The molecule has 0 aliphatic rings. The summed E-state index contributed by atoms with van der Waals surface area (Å²) < 4.78 is 9.44. The minimum absolute atomic E-state index is 0.915. The molecular formula is C38H22OS. The average Bonchev–Trinajstić information content (AvgIpc) is 3.58. The number of hydrogen-bond donors (Lipinski definition) is 0. The van der Waals surface area contributed by atoms with Gasteiger partial charge < -0.3 is 4.42 Å². The molecule has 40 heavy (non-hydrogen) atoms. The molecule has 9 rings (SSSR count). The quantitative estimate of drug-likeness (QED) is 0.218. The molecule has 0 amide bonds. The van der Waals surface area contributed by atoms with Crippen LogP contribution in [0.25, 0.3) is 85.9 Å². The van der Waals surface area contributed by atoms with Gasteiger partial charge in [0.1, 0.15) is 11.2 Å². The van der Waals surface area contributed by atoms with Gasteiger partial charge in [0.25, 0.3) is 0 Å². The van der Waals surface area contributed by atoms with E-state index in [2.05, 4.69) is 133 Å². The lowest BCUT2D eigenvalue weighted by molar-refractivity contribution is 0.670. The van der Waals surface area contributed by atoms with Crippen LogP contribution in [-0.2, 0) is 0 Å². The topological polar surface area (TPSA) is 13.1 Å². The van der Waals surface area contributed by atoms with Crippen molar-refractivity contribution in [2.45, 2.75) is 0 Å². The fourth-order valence-corrected chi connectivity index (χ4v) is 7.67. The first-order valence-electron chi connectivity index (χ1n) is 13.6. The number of furan rings is 1. The fourth-order valence-electron chi connectivity index (χ4n) is 6.54. The summed E-state index contributed by atoms with van der Waals surface area (Å²) in [4.78, 5) is 0. The molecule has 0 bridgehead atoms. The van der Waals surface area contributed by atoms with Crippen molar-refractivity contribution in [3.8, 4) is 22.3 Å². The summed E-state index contributed by atoms with van der Waals surface area (Å²) in [6.45, 7) is 0. The molecule has 0 N–H and O–H groups in total. The molecule has 0 fully saturated rings. The summed E-state index contributed by atoms with van der Waals surface area (Å²) in [5.41, 5.74) is 6.69. The summed E-state index contributed by atoms with van der Waals surface area (Å²) in [6, 6.07) is 48.2. The first kappa shape index (κ1) is 22.0. The first-order chi connectivity index (χ1) is 19.8. The van der Waals surface area contributed by atoms with Gasteiger partial charge in [-0.1, -0.05) is 109 Å². The maximum absolute atomic E-state index is 6.84. The first-order valence-corrected chi connectivity index (χ1v) is 14.4. The van der Waals surface area contributed by atoms with E-state index in [1.807, 2.05) is 11.3 Å². The smallest absolute Gasteiger partial charge is 0.144 e. The van der Waals surface area contributed by atoms with Crippen molar-refractivity contribution in [1.82, 2.24) is 0 Å². The Labute approximate surface area is 234 Å². The Balaban J connectivity index is 1.51. The molecule has 0 radical (unpaired) electrons. The zero-order chi connectivity index (χ0) is 26.2. The molecule has 0 saturated heterocycles. The van der Waals surface area contributed by atoms with Crippen LogP contribution in [0.15, 0.2) is 138 Å². The summed E-state index contributed by atoms with van der Waals surface area (Å²) >= 11 is 1.86. The molecule has 7 aromatic carbocycles. The van der Waals surface area contributed by atoms with Crippen molar-refractivity contribution in [2.75, 3.05) is 0 Å². The van der Waals surface area contributed by atoms with E-state index in [-0.39, 0.29) is 0 Å². The molecule has 2 heterocycles. The maximum atomic E-state index is 6.84. The average molecular weight is 527 g/mol. The number of hydrogen-bond acceptors (Lipinski definition) is 2. The summed E-state index contributed by atoms with van der Waals surface area (Å²) in [5, 5.41) is 9.85. The lowest BCUT2D eigenvalue weighted by Gasteiger charge is -2.16. The second-order valence-electron chi connectivity index (χ2n) is 10.4. The van der Waals surface area contributed by atoms with E-state index in [0.717, 1.165) is 16.6 Å². The van der Waals surface area contributed by atoms with E-state index in [9.17, 15) is 0 Å². The number of fused-ring (bicyclic) bond motifs is 8. The second-order valence-corrected chi connectivity index (χ2v) is 11.5. The van der Waals surface area contributed by atoms with E-state index in [1.165, 1.54) is 69.4 Å². The van der Waals surface area contributed by atoms with E-state index >= 15 is 0 Å². The van der Waals surface area contributed by atoms with Crippen molar-refractivity contribution < 1.29 is 4.42 Å². The molecule has 1 nitrogen and oxygen atoms in total. The van der Waals surface area contributed by atoms with Gasteiger partial charge in [-0.25, -0.2) is 0 Å². The molecular weight excluding hydrogens is 504 g/mol. The molecule has 0 saturated carbocycles. The molecule has 2 aromatic heterocycles. The molecule has 0 unspecified atom stereocenters. The van der Waals surface area contributed by atoms with Gasteiger partial charge in [-0.3, -0.25) is 0 Å². The van der Waals surface area contributed by atoms with Crippen LogP contribution in [0.3, 0.4) is 0 Å². The Bertz CT molecular complexity index is 2440. The molecule has 0 aliphatic heterocycles. The minimum atomic E-state index is 0.915. The lowest BCUT2D eigenvalue weighted by atomic mass is 9.86. The van der Waals surface area contributed by atoms with Gasteiger partial charge in [0.15, 0.2) is 0 Å². The fraction of sp³-hybridized carbons (Fsp3) is 0. The molecule has 0 atom stereocenters. The lowest BCUT2D eigenvalue weighted by Crippen LogP contribution is -1.90. The van der Waals surface area contributed by atoms with Crippen LogP contribution in [0.4, 0.5) is 0 Å². The molecule has 2 heteroatoms. The van der Waals surface area contributed by atoms with Gasteiger partial charge in [0.2, 0.25) is 0 Å². The second kappa shape index (κ2) is 8.29. The normalized spacial score (nSPS) is 12.0. The van der Waals surface area contributed by atoms with Crippen LogP contribution in [0.2, 0.25) is 0 Å². The standard InChI is InChI=1S/C38H22OS/c1-2-11-24-22-25(21-20-23(24)10-1)34-26-12-3-4-13-27(26)36(38-37(34)28-14-5-7-17-31(28)39-38)30-16-9-19-33-35(30)29-15-6-8-18-32(29)40-33/h1-22H. The van der Waals surface area contributed by atoms with Crippen LogP contribution < -0.4 is 0 Å². The molecule has 9 aromatic rings. The third-order valence-electron chi connectivity index (χ3n) is 8.25. The van der Waals surface area contributed by atoms with E-state index in [0.29, 0.717) is 0 Å². The van der Waals surface area contributed by atoms with Crippen molar-refractivity contribution in [1.29, 1.82) is 0 Å².